The van der Waals surface area contributed by atoms with Crippen molar-refractivity contribution in [2.75, 3.05) is 0 Å². The van der Waals surface area contributed by atoms with Crippen LogP contribution < -0.4 is 0 Å². The van der Waals surface area contributed by atoms with Crippen LogP contribution in [-0.2, 0) is 9.53 Å². The molecule has 5 heteroatoms. The number of esters is 1. The van der Waals surface area contributed by atoms with Crippen LogP contribution in [0.2, 0.25) is 0 Å². The van der Waals surface area contributed by atoms with E-state index in [0.717, 1.165) is 55.8 Å². The molecule has 0 bridgehead atoms. The van der Waals surface area contributed by atoms with Gasteiger partial charge in [-0.15, -0.1) is 0 Å². The first-order chi connectivity index (χ1) is 15.5. The second-order valence-electron chi connectivity index (χ2n) is 13.0. The topological polar surface area (TPSA) is 75.1 Å². The molecule has 0 N–H and O–H groups in total. The molecule has 0 aromatic rings. The number of ether oxygens (including phenoxy) is 1. The van der Waals surface area contributed by atoms with E-state index in [1.165, 1.54) is 39.0 Å². The molecule has 0 radical (unpaired) electrons. The third-order valence-corrected chi connectivity index (χ3v) is 10.7. The van der Waals surface area contributed by atoms with Gasteiger partial charge in [0.15, 0.2) is 0 Å². The molecule has 0 aromatic carbocycles. The first-order valence-corrected chi connectivity index (χ1v) is 13.4. The Morgan fingerprint density at radius 2 is 2.00 bits per heavy atom. The van der Waals surface area contributed by atoms with Crippen LogP contribution in [0, 0.1) is 40.4 Å². The Balaban J connectivity index is 1.47. The highest BCUT2D eigenvalue weighted by molar-refractivity contribution is 5.66. The highest BCUT2D eigenvalue weighted by atomic mass is 16.5. The van der Waals surface area contributed by atoms with Crippen molar-refractivity contribution < 1.29 is 9.53 Å². The van der Waals surface area contributed by atoms with Gasteiger partial charge >= 0.3 is 5.97 Å². The van der Waals surface area contributed by atoms with Crippen molar-refractivity contribution in [2.24, 2.45) is 45.5 Å². The Hall–Kier alpha value is -1.48. The summed E-state index contributed by atoms with van der Waals surface area (Å²) in [6.45, 7) is 13.2. The van der Waals surface area contributed by atoms with Gasteiger partial charge in [-0.25, -0.2) is 0 Å². The average molecular weight is 456 g/mol. The van der Waals surface area contributed by atoms with Crippen LogP contribution in [0.1, 0.15) is 106 Å². The summed E-state index contributed by atoms with van der Waals surface area (Å²) in [7, 11) is 0. The van der Waals surface area contributed by atoms with E-state index in [1.54, 1.807) is 5.57 Å². The number of carbonyl (C=O) groups is 1. The summed E-state index contributed by atoms with van der Waals surface area (Å²) in [6, 6.07) is 0. The number of rotatable bonds is 6. The summed E-state index contributed by atoms with van der Waals surface area (Å²) in [5.74, 6) is 3.73. The van der Waals surface area contributed by atoms with Gasteiger partial charge in [-0.3, -0.25) is 4.79 Å². The zero-order valence-electron chi connectivity index (χ0n) is 21.8. The minimum atomic E-state index is -0.288. The maximum Gasteiger partial charge on any atom is 0.302 e. The molecule has 184 valence electrons. The Bertz CT molecular complexity index is 844. The molecule has 8 atom stereocenters. The largest absolute Gasteiger partial charge is 0.462 e. The summed E-state index contributed by atoms with van der Waals surface area (Å²) in [4.78, 5) is 14.6. The van der Waals surface area contributed by atoms with E-state index in [9.17, 15) is 4.79 Å². The Kier molecular flexibility index (Phi) is 6.68. The molecule has 5 nitrogen and oxygen atoms in total. The first kappa shape index (κ1) is 24.6. The van der Waals surface area contributed by atoms with E-state index in [2.05, 4.69) is 50.7 Å². The number of hydrogen-bond acceptors (Lipinski definition) is 3. The number of nitrogens with zero attached hydrogens (tertiary/aromatic N) is 3. The normalized spacial score (nSPS) is 41.0. The SMILES string of the molecule is CC(=O)O[C@H]1CC[C@@]2(C)C(=CCC3C2CC[C@@]2(C)C3CC[C@@H]2[C@H](C)CCC(C)(C)N=[N+]=[N-])C1. The van der Waals surface area contributed by atoms with E-state index in [1.807, 2.05) is 0 Å². The van der Waals surface area contributed by atoms with Crippen molar-refractivity contribution in [3.63, 3.8) is 0 Å². The van der Waals surface area contributed by atoms with Crippen LogP contribution in [-0.4, -0.2) is 17.6 Å². The monoisotopic (exact) mass is 455 g/mol. The third-order valence-electron chi connectivity index (χ3n) is 10.7. The molecule has 33 heavy (non-hydrogen) atoms. The molecule has 0 aliphatic heterocycles. The lowest BCUT2D eigenvalue weighted by Crippen LogP contribution is -2.51. The van der Waals surface area contributed by atoms with Crippen molar-refractivity contribution in [3.8, 4) is 0 Å². The van der Waals surface area contributed by atoms with Crippen LogP contribution in [0.5, 0.6) is 0 Å². The quantitative estimate of drug-likeness (QED) is 0.134. The van der Waals surface area contributed by atoms with Gasteiger partial charge in [0.2, 0.25) is 0 Å². The second kappa shape index (κ2) is 8.95. The zero-order valence-corrected chi connectivity index (χ0v) is 21.8. The summed E-state index contributed by atoms with van der Waals surface area (Å²) < 4.78 is 5.60. The average Bonchev–Trinajstić information content (AvgIpc) is 3.09. The van der Waals surface area contributed by atoms with Crippen molar-refractivity contribution in [1.82, 2.24) is 0 Å². The lowest BCUT2D eigenvalue weighted by Gasteiger charge is -2.58. The van der Waals surface area contributed by atoms with Crippen LogP contribution in [0.3, 0.4) is 0 Å². The van der Waals surface area contributed by atoms with Gasteiger partial charge in [-0.1, -0.05) is 51.4 Å². The Morgan fingerprint density at radius 1 is 1.24 bits per heavy atom. The molecule has 3 fully saturated rings. The third kappa shape index (κ3) is 4.47. The van der Waals surface area contributed by atoms with E-state index in [0.29, 0.717) is 16.7 Å². The number of allylic oxidation sites excluding steroid dienone is 1. The van der Waals surface area contributed by atoms with Gasteiger partial charge in [-0.05, 0) is 104 Å². The van der Waals surface area contributed by atoms with Gasteiger partial charge in [0, 0.05) is 23.8 Å². The fourth-order valence-electron chi connectivity index (χ4n) is 8.89. The van der Waals surface area contributed by atoms with Crippen LogP contribution in [0.4, 0.5) is 0 Å². The molecular formula is C28H45N3O2. The molecular weight excluding hydrogens is 410 g/mol. The van der Waals surface area contributed by atoms with Crippen LogP contribution in [0.15, 0.2) is 16.8 Å². The molecule has 0 amide bonds. The predicted octanol–water partition coefficient (Wildman–Crippen LogP) is 8.00. The molecule has 4 rings (SSSR count). The van der Waals surface area contributed by atoms with Crippen LogP contribution >= 0.6 is 0 Å². The lowest BCUT2D eigenvalue weighted by atomic mass is 9.47. The molecule has 4 aliphatic carbocycles. The van der Waals surface area contributed by atoms with E-state index >= 15 is 0 Å². The Labute approximate surface area is 200 Å². The molecule has 4 aliphatic rings. The summed E-state index contributed by atoms with van der Waals surface area (Å²) >= 11 is 0. The highest BCUT2D eigenvalue weighted by Gasteiger charge is 2.59. The fraction of sp³-hybridized carbons (Fsp3) is 0.893. The first-order valence-electron chi connectivity index (χ1n) is 13.4. The van der Waals surface area contributed by atoms with E-state index in [4.69, 9.17) is 10.3 Å². The molecule has 0 spiro atoms. The number of fused-ring (bicyclic) bond motifs is 5. The number of hydrogen-bond donors (Lipinski definition) is 0. The van der Waals surface area contributed by atoms with Gasteiger partial charge in [-0.2, -0.15) is 0 Å². The summed E-state index contributed by atoms with van der Waals surface area (Å²) in [5.41, 5.74) is 10.9. The highest BCUT2D eigenvalue weighted by Crippen LogP contribution is 2.67. The second-order valence-corrected chi connectivity index (χ2v) is 13.0. The maximum atomic E-state index is 11.5. The standard InChI is InChI=1S/C28H45N3O2/c1-18(11-14-26(3,4)30-31-29)23-9-10-24-22-8-7-20-17-21(33-19(2)32)12-15-27(20,5)25(22)13-16-28(23,24)6/h7,18,21-25H,8-17H2,1-6H3/t18-,21+,22?,23-,24?,25?,27+,28-/m1/s1. The van der Waals surface area contributed by atoms with Crippen LogP contribution in [0.25, 0.3) is 10.4 Å². The molecule has 3 saturated carbocycles. The zero-order chi connectivity index (χ0) is 24.0. The summed E-state index contributed by atoms with van der Waals surface area (Å²) in [5, 5.41) is 4.02. The molecule has 0 saturated heterocycles. The molecule has 0 aromatic heterocycles. The molecule has 3 unspecified atom stereocenters. The Morgan fingerprint density at radius 3 is 2.70 bits per heavy atom. The summed E-state index contributed by atoms with van der Waals surface area (Å²) in [6.07, 6.45) is 14.5. The molecule has 0 heterocycles. The van der Waals surface area contributed by atoms with Crippen molar-refractivity contribution >= 4 is 5.97 Å². The van der Waals surface area contributed by atoms with E-state index in [-0.39, 0.29) is 17.6 Å². The van der Waals surface area contributed by atoms with Gasteiger partial charge in [0.1, 0.15) is 6.10 Å². The van der Waals surface area contributed by atoms with Gasteiger partial charge < -0.3 is 4.74 Å². The lowest BCUT2D eigenvalue weighted by molar-refractivity contribution is -0.148. The van der Waals surface area contributed by atoms with Crippen molar-refractivity contribution in [2.45, 2.75) is 117 Å². The van der Waals surface area contributed by atoms with E-state index < -0.39 is 0 Å². The number of azide groups is 1. The van der Waals surface area contributed by atoms with Crippen molar-refractivity contribution in [3.05, 3.63) is 22.1 Å². The smallest absolute Gasteiger partial charge is 0.302 e. The van der Waals surface area contributed by atoms with Gasteiger partial charge in [0.05, 0.1) is 0 Å². The minimum absolute atomic E-state index is 0.0820. The minimum Gasteiger partial charge on any atom is -0.462 e. The number of carbonyl (C=O) groups excluding carboxylic acids is 1. The van der Waals surface area contributed by atoms with Crippen molar-refractivity contribution in [1.29, 1.82) is 0 Å². The fourth-order valence-corrected chi connectivity index (χ4v) is 8.89. The van der Waals surface area contributed by atoms with Gasteiger partial charge in [0.25, 0.3) is 0 Å². The predicted molar refractivity (Wildman–Crippen MR) is 132 cm³/mol. The maximum absolute atomic E-state index is 11.5.